The number of methoxy groups -OCH3 is 1. The molecule has 8 nitrogen and oxygen atoms in total. The maximum absolute atomic E-state index is 11.9. The quantitative estimate of drug-likeness (QED) is 0.688. The van der Waals surface area contributed by atoms with Crippen LogP contribution in [0.15, 0.2) is 48.5 Å². The number of primary amides is 1. The van der Waals surface area contributed by atoms with Crippen molar-refractivity contribution in [2.75, 3.05) is 25.6 Å². The van der Waals surface area contributed by atoms with E-state index in [0.29, 0.717) is 11.4 Å². The largest absolute Gasteiger partial charge is 0.495 e. The molecule has 26 heavy (non-hydrogen) atoms. The normalized spacial score (nSPS) is 9.88. The lowest BCUT2D eigenvalue weighted by molar-refractivity contribution is -0.149. The molecule has 0 fully saturated rings. The van der Waals surface area contributed by atoms with Crippen molar-refractivity contribution in [3.8, 4) is 11.5 Å². The van der Waals surface area contributed by atoms with Gasteiger partial charge in [0.25, 0.3) is 11.8 Å². The summed E-state index contributed by atoms with van der Waals surface area (Å²) in [5, 5.41) is 2.57. The van der Waals surface area contributed by atoms with Crippen molar-refractivity contribution < 1.29 is 28.6 Å². The number of nitrogens with one attached hydrogen (secondary N) is 1. The van der Waals surface area contributed by atoms with Gasteiger partial charge in [-0.1, -0.05) is 24.3 Å². The molecule has 0 atom stereocenters. The van der Waals surface area contributed by atoms with Gasteiger partial charge in [0, 0.05) is 0 Å². The Bertz CT molecular complexity index is 806. The van der Waals surface area contributed by atoms with Crippen molar-refractivity contribution in [3.63, 3.8) is 0 Å². The highest BCUT2D eigenvalue weighted by atomic mass is 16.6. The average molecular weight is 358 g/mol. The van der Waals surface area contributed by atoms with Crippen LogP contribution in [0.2, 0.25) is 0 Å². The van der Waals surface area contributed by atoms with Gasteiger partial charge in [0.2, 0.25) is 0 Å². The Kier molecular flexibility index (Phi) is 6.55. The van der Waals surface area contributed by atoms with Gasteiger partial charge in [-0.2, -0.15) is 0 Å². The van der Waals surface area contributed by atoms with Gasteiger partial charge in [0.05, 0.1) is 18.4 Å². The van der Waals surface area contributed by atoms with Gasteiger partial charge in [-0.3, -0.25) is 9.59 Å². The Balaban J connectivity index is 1.82. The second-order valence-electron chi connectivity index (χ2n) is 5.06. The lowest BCUT2D eigenvalue weighted by atomic mass is 10.2. The summed E-state index contributed by atoms with van der Waals surface area (Å²) in [7, 11) is 1.48. The topological polar surface area (TPSA) is 117 Å². The third kappa shape index (κ3) is 5.23. The summed E-state index contributed by atoms with van der Waals surface area (Å²) in [6, 6.07) is 13.1. The zero-order valence-corrected chi connectivity index (χ0v) is 14.1. The fourth-order valence-corrected chi connectivity index (χ4v) is 2.05. The van der Waals surface area contributed by atoms with Crippen molar-refractivity contribution in [2.24, 2.45) is 5.73 Å². The zero-order chi connectivity index (χ0) is 18.9. The summed E-state index contributed by atoms with van der Waals surface area (Å²) in [6.07, 6.45) is 0. The third-order valence-corrected chi connectivity index (χ3v) is 3.24. The first-order valence-corrected chi connectivity index (χ1v) is 7.61. The van der Waals surface area contributed by atoms with Crippen LogP contribution in [0.1, 0.15) is 10.4 Å². The lowest BCUT2D eigenvalue weighted by Crippen LogP contribution is -2.24. The monoisotopic (exact) mass is 358 g/mol. The SMILES string of the molecule is COc1ccccc1NC(=O)COC(=O)COc1ccccc1C(N)=O. The first-order valence-electron chi connectivity index (χ1n) is 7.61. The van der Waals surface area contributed by atoms with E-state index in [4.69, 9.17) is 19.9 Å². The van der Waals surface area contributed by atoms with Gasteiger partial charge in [-0.25, -0.2) is 4.79 Å². The summed E-state index contributed by atoms with van der Waals surface area (Å²) in [5.74, 6) is -1.32. The molecular formula is C18H18N2O6. The van der Waals surface area contributed by atoms with Crippen molar-refractivity contribution in [1.82, 2.24) is 0 Å². The van der Waals surface area contributed by atoms with Crippen LogP contribution < -0.4 is 20.5 Å². The summed E-state index contributed by atoms with van der Waals surface area (Å²) >= 11 is 0. The predicted molar refractivity (Wildman–Crippen MR) is 93.0 cm³/mol. The molecule has 2 amide bonds. The minimum absolute atomic E-state index is 0.147. The number of esters is 1. The maximum Gasteiger partial charge on any atom is 0.344 e. The minimum Gasteiger partial charge on any atom is -0.495 e. The van der Waals surface area contributed by atoms with E-state index in [0.717, 1.165) is 0 Å². The molecule has 0 bridgehead atoms. The number of carbonyl (C=O) groups is 3. The van der Waals surface area contributed by atoms with E-state index in [-0.39, 0.29) is 11.3 Å². The fraction of sp³-hybridized carbons (Fsp3) is 0.167. The molecule has 2 rings (SSSR count). The van der Waals surface area contributed by atoms with E-state index in [9.17, 15) is 14.4 Å². The number of hydrogen-bond donors (Lipinski definition) is 2. The van der Waals surface area contributed by atoms with Crippen LogP contribution in [0.4, 0.5) is 5.69 Å². The molecule has 0 radical (unpaired) electrons. The highest BCUT2D eigenvalue weighted by Crippen LogP contribution is 2.22. The van der Waals surface area contributed by atoms with Gasteiger partial charge in [0.1, 0.15) is 11.5 Å². The van der Waals surface area contributed by atoms with Gasteiger partial charge in [0.15, 0.2) is 13.2 Å². The Morgan fingerprint density at radius 1 is 0.962 bits per heavy atom. The van der Waals surface area contributed by atoms with E-state index in [1.54, 1.807) is 36.4 Å². The Hall–Kier alpha value is -3.55. The molecule has 0 aliphatic rings. The van der Waals surface area contributed by atoms with Crippen LogP contribution in [-0.4, -0.2) is 38.1 Å². The molecule has 2 aromatic carbocycles. The van der Waals surface area contributed by atoms with Gasteiger partial charge < -0.3 is 25.3 Å². The highest BCUT2D eigenvalue weighted by Gasteiger charge is 2.13. The number of benzene rings is 2. The molecule has 136 valence electrons. The number of hydrogen-bond acceptors (Lipinski definition) is 6. The number of anilines is 1. The van der Waals surface area contributed by atoms with Crippen LogP contribution in [-0.2, 0) is 14.3 Å². The van der Waals surface area contributed by atoms with Crippen LogP contribution in [0.25, 0.3) is 0 Å². The smallest absolute Gasteiger partial charge is 0.344 e. The molecule has 0 aromatic heterocycles. The Morgan fingerprint density at radius 3 is 2.31 bits per heavy atom. The highest BCUT2D eigenvalue weighted by molar-refractivity contribution is 5.96. The zero-order valence-electron chi connectivity index (χ0n) is 14.1. The van der Waals surface area contributed by atoms with Gasteiger partial charge in [-0.15, -0.1) is 0 Å². The summed E-state index contributed by atoms with van der Waals surface area (Å²) in [6.45, 7) is -0.954. The van der Waals surface area contributed by atoms with Crippen molar-refractivity contribution in [3.05, 3.63) is 54.1 Å². The van der Waals surface area contributed by atoms with Crippen LogP contribution in [0.3, 0.4) is 0 Å². The van der Waals surface area contributed by atoms with Crippen molar-refractivity contribution in [2.45, 2.75) is 0 Å². The summed E-state index contributed by atoms with van der Waals surface area (Å²) in [4.78, 5) is 34.8. The second-order valence-corrected chi connectivity index (χ2v) is 5.06. The number of carbonyl (C=O) groups excluding carboxylic acids is 3. The maximum atomic E-state index is 11.9. The van der Waals surface area contributed by atoms with Crippen molar-refractivity contribution in [1.29, 1.82) is 0 Å². The van der Waals surface area contributed by atoms with E-state index in [1.165, 1.54) is 19.2 Å². The van der Waals surface area contributed by atoms with Crippen molar-refractivity contribution >= 4 is 23.5 Å². The number of ether oxygens (including phenoxy) is 3. The number of nitrogens with two attached hydrogens (primary N) is 1. The fourth-order valence-electron chi connectivity index (χ4n) is 2.05. The third-order valence-electron chi connectivity index (χ3n) is 3.24. The molecule has 0 heterocycles. The van der Waals surface area contributed by atoms with Gasteiger partial charge in [-0.05, 0) is 24.3 Å². The molecule has 0 unspecified atom stereocenters. The van der Waals surface area contributed by atoms with Crippen LogP contribution >= 0.6 is 0 Å². The summed E-state index contributed by atoms with van der Waals surface area (Å²) in [5.41, 5.74) is 5.83. The summed E-state index contributed by atoms with van der Waals surface area (Å²) < 4.78 is 15.2. The molecule has 0 saturated heterocycles. The lowest BCUT2D eigenvalue weighted by Gasteiger charge is -2.11. The number of para-hydroxylation sites is 3. The Morgan fingerprint density at radius 2 is 1.62 bits per heavy atom. The van der Waals surface area contributed by atoms with E-state index in [1.807, 2.05) is 0 Å². The molecule has 0 spiro atoms. The first kappa shape index (κ1) is 18.8. The molecule has 3 N–H and O–H groups in total. The van der Waals surface area contributed by atoms with E-state index >= 15 is 0 Å². The minimum atomic E-state index is -0.764. The molecule has 0 aliphatic heterocycles. The standard InChI is InChI=1S/C18H18N2O6/c1-24-15-9-5-3-7-13(15)20-16(21)10-26-17(22)11-25-14-8-4-2-6-12(14)18(19)23/h2-9H,10-11H2,1H3,(H2,19,23)(H,20,21). The molecule has 2 aromatic rings. The van der Waals surface area contributed by atoms with E-state index in [2.05, 4.69) is 5.32 Å². The molecular weight excluding hydrogens is 340 g/mol. The Labute approximate surface area is 149 Å². The van der Waals surface area contributed by atoms with Crippen LogP contribution in [0.5, 0.6) is 11.5 Å². The number of rotatable bonds is 8. The number of amides is 2. The molecule has 0 aliphatic carbocycles. The average Bonchev–Trinajstić information content (AvgIpc) is 2.65. The molecule has 8 heteroatoms. The first-order chi connectivity index (χ1) is 12.5. The van der Waals surface area contributed by atoms with Gasteiger partial charge >= 0.3 is 5.97 Å². The van der Waals surface area contributed by atoms with E-state index < -0.39 is 31.0 Å². The molecule has 0 saturated carbocycles. The second kappa shape index (κ2) is 9.07. The predicted octanol–water partition coefficient (Wildman–Crippen LogP) is 1.35. The van der Waals surface area contributed by atoms with Crippen LogP contribution in [0, 0.1) is 0 Å².